The Morgan fingerprint density at radius 2 is 2.04 bits per heavy atom. The van der Waals surface area contributed by atoms with Gasteiger partial charge >= 0.3 is 6.03 Å². The molecule has 1 unspecified atom stereocenters. The predicted octanol–water partition coefficient (Wildman–Crippen LogP) is 2.91. The maximum absolute atomic E-state index is 13.2. The minimum atomic E-state index is -0.303. The van der Waals surface area contributed by atoms with Gasteiger partial charge in [0.25, 0.3) is 0 Å². The normalized spacial score (nSPS) is 17.0. The van der Waals surface area contributed by atoms with E-state index in [1.807, 2.05) is 11.8 Å². The third-order valence-corrected chi connectivity index (χ3v) is 4.56. The summed E-state index contributed by atoms with van der Waals surface area (Å²) < 4.78 is 19.0. The number of amides is 2. The molecule has 0 spiro atoms. The largest absolute Gasteiger partial charge is 0.439 e. The molecule has 0 bridgehead atoms. The summed E-state index contributed by atoms with van der Waals surface area (Å²) in [5.74, 6) is 1.39. The van der Waals surface area contributed by atoms with E-state index in [2.05, 4.69) is 14.9 Å². The van der Waals surface area contributed by atoms with Gasteiger partial charge in [0.1, 0.15) is 23.7 Å². The van der Waals surface area contributed by atoms with Gasteiger partial charge in [-0.25, -0.2) is 19.2 Å². The summed E-state index contributed by atoms with van der Waals surface area (Å²) >= 11 is 0. The lowest BCUT2D eigenvalue weighted by atomic mass is 10.2. The zero-order valence-electron chi connectivity index (χ0n) is 16.0. The lowest BCUT2D eigenvalue weighted by Crippen LogP contribution is -2.56. The van der Waals surface area contributed by atoms with E-state index in [4.69, 9.17) is 4.74 Å². The van der Waals surface area contributed by atoms with Gasteiger partial charge in [-0.2, -0.15) is 0 Å². The van der Waals surface area contributed by atoms with Crippen LogP contribution in [0.1, 0.15) is 12.5 Å². The number of carbonyl (C=O) groups is 1. The summed E-state index contributed by atoms with van der Waals surface area (Å²) in [6, 6.07) is 6.19. The number of urea groups is 1. The van der Waals surface area contributed by atoms with Gasteiger partial charge in [-0.1, -0.05) is 0 Å². The van der Waals surface area contributed by atoms with Gasteiger partial charge in [-0.3, -0.25) is 0 Å². The monoisotopic (exact) mass is 373 g/mol. The predicted molar refractivity (Wildman–Crippen MR) is 101 cm³/mol. The SMILES string of the molecule is Cc1cc(F)ccc1Oc1cc(N2CCN(C(=O)N(C)C)C(C)C2)ncn1. The number of carbonyl (C=O) groups excluding carboxylic acids is 1. The van der Waals surface area contributed by atoms with Gasteiger partial charge in [-0.15, -0.1) is 0 Å². The van der Waals surface area contributed by atoms with E-state index in [1.165, 1.54) is 18.5 Å². The number of hydrogen-bond acceptors (Lipinski definition) is 5. The smallest absolute Gasteiger partial charge is 0.319 e. The van der Waals surface area contributed by atoms with Crippen molar-refractivity contribution in [2.24, 2.45) is 0 Å². The molecule has 0 aliphatic carbocycles. The molecular formula is C19H24FN5O2. The molecule has 1 aromatic carbocycles. The van der Waals surface area contributed by atoms with Crippen LogP contribution < -0.4 is 9.64 Å². The summed E-state index contributed by atoms with van der Waals surface area (Å²) in [6.45, 7) is 5.77. The van der Waals surface area contributed by atoms with Crippen LogP contribution in [0.25, 0.3) is 0 Å². The van der Waals surface area contributed by atoms with Crippen LogP contribution in [-0.4, -0.2) is 65.6 Å². The lowest BCUT2D eigenvalue weighted by molar-refractivity contribution is 0.146. The number of ether oxygens (including phenoxy) is 1. The second-order valence-electron chi connectivity index (χ2n) is 6.89. The standard InChI is InChI=1S/C19H24FN5O2/c1-13-9-15(20)5-6-16(13)27-18-10-17(21-12-22-18)24-7-8-25(14(2)11-24)19(26)23(3)4/h5-6,9-10,12,14H,7-8,11H2,1-4H3. The molecule has 0 saturated carbocycles. The second kappa shape index (κ2) is 7.77. The first-order chi connectivity index (χ1) is 12.8. The van der Waals surface area contributed by atoms with Crippen LogP contribution in [0.15, 0.2) is 30.6 Å². The van der Waals surface area contributed by atoms with Crippen molar-refractivity contribution in [1.29, 1.82) is 0 Å². The first-order valence-corrected chi connectivity index (χ1v) is 8.84. The van der Waals surface area contributed by atoms with E-state index in [0.717, 1.165) is 5.82 Å². The topological polar surface area (TPSA) is 61.8 Å². The number of hydrogen-bond donors (Lipinski definition) is 0. The van der Waals surface area contributed by atoms with E-state index < -0.39 is 0 Å². The Bertz CT molecular complexity index is 829. The molecule has 1 atom stereocenters. The first-order valence-electron chi connectivity index (χ1n) is 8.84. The molecule has 1 saturated heterocycles. The van der Waals surface area contributed by atoms with Crippen molar-refractivity contribution in [3.8, 4) is 11.6 Å². The van der Waals surface area contributed by atoms with Gasteiger partial charge in [0.2, 0.25) is 5.88 Å². The molecule has 8 heteroatoms. The Kier molecular flexibility index (Phi) is 5.43. The van der Waals surface area contributed by atoms with Crippen LogP contribution in [0, 0.1) is 12.7 Å². The molecule has 3 rings (SSSR count). The lowest BCUT2D eigenvalue weighted by Gasteiger charge is -2.41. The molecule has 1 aliphatic heterocycles. The van der Waals surface area contributed by atoms with Crippen molar-refractivity contribution >= 4 is 11.8 Å². The minimum absolute atomic E-state index is 0.0145. The molecule has 2 aromatic rings. The van der Waals surface area contributed by atoms with Crippen LogP contribution in [0.4, 0.5) is 15.0 Å². The number of piperazine rings is 1. The molecule has 0 N–H and O–H groups in total. The third-order valence-electron chi connectivity index (χ3n) is 4.56. The summed E-state index contributed by atoms with van der Waals surface area (Å²) in [6.07, 6.45) is 1.45. The number of nitrogens with zero attached hydrogens (tertiary/aromatic N) is 5. The average Bonchev–Trinajstić information content (AvgIpc) is 2.63. The van der Waals surface area contributed by atoms with Crippen molar-refractivity contribution in [3.63, 3.8) is 0 Å². The van der Waals surface area contributed by atoms with Crippen molar-refractivity contribution in [3.05, 3.63) is 42.0 Å². The Labute approximate surface area is 158 Å². The number of halogens is 1. The van der Waals surface area contributed by atoms with E-state index in [9.17, 15) is 9.18 Å². The maximum Gasteiger partial charge on any atom is 0.319 e. The van der Waals surface area contributed by atoms with Crippen LogP contribution in [0.5, 0.6) is 11.6 Å². The summed E-state index contributed by atoms with van der Waals surface area (Å²) in [5.41, 5.74) is 0.694. The molecule has 0 radical (unpaired) electrons. The number of aryl methyl sites for hydroxylation is 1. The fourth-order valence-corrected chi connectivity index (χ4v) is 3.11. The highest BCUT2D eigenvalue weighted by atomic mass is 19.1. The quantitative estimate of drug-likeness (QED) is 0.828. The number of rotatable bonds is 3. The molecule has 2 heterocycles. The summed E-state index contributed by atoms with van der Waals surface area (Å²) in [7, 11) is 3.51. The van der Waals surface area contributed by atoms with E-state index >= 15 is 0 Å². The molecule has 2 amide bonds. The fourth-order valence-electron chi connectivity index (χ4n) is 3.11. The first kappa shape index (κ1) is 18.9. The number of anilines is 1. The van der Waals surface area contributed by atoms with Crippen LogP contribution >= 0.6 is 0 Å². The molecular weight excluding hydrogens is 349 g/mol. The third kappa shape index (κ3) is 4.27. The highest BCUT2D eigenvalue weighted by Gasteiger charge is 2.29. The van der Waals surface area contributed by atoms with Gasteiger partial charge < -0.3 is 19.4 Å². The fraction of sp³-hybridized carbons (Fsp3) is 0.421. The van der Waals surface area contributed by atoms with Gasteiger partial charge in [0.05, 0.1) is 0 Å². The zero-order valence-corrected chi connectivity index (χ0v) is 16.0. The molecule has 1 aromatic heterocycles. The second-order valence-corrected chi connectivity index (χ2v) is 6.89. The molecule has 1 fully saturated rings. The molecule has 144 valence electrons. The highest BCUT2D eigenvalue weighted by Crippen LogP contribution is 2.26. The van der Waals surface area contributed by atoms with E-state index in [0.29, 0.717) is 36.8 Å². The Hall–Kier alpha value is -2.90. The van der Waals surface area contributed by atoms with Gasteiger partial charge in [0, 0.05) is 45.8 Å². The van der Waals surface area contributed by atoms with E-state index in [1.54, 1.807) is 38.1 Å². The molecule has 27 heavy (non-hydrogen) atoms. The Balaban J connectivity index is 1.72. The van der Waals surface area contributed by atoms with Crippen molar-refractivity contribution in [2.75, 3.05) is 38.6 Å². The maximum atomic E-state index is 13.2. The molecule has 1 aliphatic rings. The van der Waals surface area contributed by atoms with Crippen molar-refractivity contribution in [2.45, 2.75) is 19.9 Å². The Morgan fingerprint density at radius 1 is 1.26 bits per heavy atom. The van der Waals surface area contributed by atoms with Crippen molar-refractivity contribution in [1.82, 2.24) is 19.8 Å². The number of aromatic nitrogens is 2. The molecule has 7 nitrogen and oxygen atoms in total. The van der Waals surface area contributed by atoms with Crippen molar-refractivity contribution < 1.29 is 13.9 Å². The summed E-state index contributed by atoms with van der Waals surface area (Å²) in [5, 5.41) is 0. The Morgan fingerprint density at radius 3 is 2.70 bits per heavy atom. The van der Waals surface area contributed by atoms with Crippen LogP contribution in [0.3, 0.4) is 0 Å². The zero-order chi connectivity index (χ0) is 19.6. The van der Waals surface area contributed by atoms with Gasteiger partial charge in [-0.05, 0) is 37.6 Å². The van der Waals surface area contributed by atoms with E-state index in [-0.39, 0.29) is 17.9 Å². The number of benzene rings is 1. The highest BCUT2D eigenvalue weighted by molar-refractivity contribution is 5.74. The van der Waals surface area contributed by atoms with Crippen LogP contribution in [-0.2, 0) is 0 Å². The van der Waals surface area contributed by atoms with Gasteiger partial charge in [0.15, 0.2) is 0 Å². The van der Waals surface area contributed by atoms with Crippen LogP contribution in [0.2, 0.25) is 0 Å². The minimum Gasteiger partial charge on any atom is -0.439 e. The summed E-state index contributed by atoms with van der Waals surface area (Å²) in [4.78, 5) is 26.3. The average molecular weight is 373 g/mol.